The van der Waals surface area contributed by atoms with Gasteiger partial charge in [-0.15, -0.1) is 0 Å². The van der Waals surface area contributed by atoms with Crippen LogP contribution in [0.1, 0.15) is 44.7 Å². The van der Waals surface area contributed by atoms with Crippen molar-refractivity contribution in [1.29, 1.82) is 5.26 Å². The van der Waals surface area contributed by atoms with E-state index in [2.05, 4.69) is 26.1 Å². The van der Waals surface area contributed by atoms with Gasteiger partial charge in [0.1, 0.15) is 11.9 Å². The summed E-state index contributed by atoms with van der Waals surface area (Å²) in [5, 5.41) is 12.2. The Morgan fingerprint density at radius 1 is 1.35 bits per heavy atom. The van der Waals surface area contributed by atoms with Crippen LogP contribution in [0.3, 0.4) is 0 Å². The van der Waals surface area contributed by atoms with Crippen molar-refractivity contribution in [3.63, 3.8) is 0 Å². The number of halogens is 1. The van der Waals surface area contributed by atoms with Crippen LogP contribution in [0.5, 0.6) is 0 Å². The van der Waals surface area contributed by atoms with Crippen molar-refractivity contribution in [2.45, 2.75) is 45.7 Å². The SMILES string of the molecule is CCC(C)(CC)NCc1ccc(F)c(C#N)c1. The van der Waals surface area contributed by atoms with Gasteiger partial charge < -0.3 is 5.32 Å². The zero-order chi connectivity index (χ0) is 12.9. The normalized spacial score (nSPS) is 11.2. The van der Waals surface area contributed by atoms with E-state index in [1.807, 2.05) is 6.07 Å². The summed E-state index contributed by atoms with van der Waals surface area (Å²) in [6, 6.07) is 6.53. The molecule has 0 aliphatic rings. The molecule has 17 heavy (non-hydrogen) atoms. The second-order valence-electron chi connectivity index (χ2n) is 4.55. The van der Waals surface area contributed by atoms with Crippen molar-refractivity contribution in [2.24, 2.45) is 0 Å². The third-order valence-electron chi connectivity index (χ3n) is 3.43. The molecular weight excluding hydrogens is 215 g/mol. The van der Waals surface area contributed by atoms with Gasteiger partial charge in [0.05, 0.1) is 5.56 Å². The maximum atomic E-state index is 13.1. The first-order chi connectivity index (χ1) is 8.04. The first-order valence-electron chi connectivity index (χ1n) is 5.98. The fraction of sp³-hybridized carbons (Fsp3) is 0.500. The molecule has 0 fully saturated rings. The number of benzene rings is 1. The topological polar surface area (TPSA) is 35.8 Å². The van der Waals surface area contributed by atoms with Gasteiger partial charge in [-0.25, -0.2) is 4.39 Å². The maximum absolute atomic E-state index is 13.1. The Bertz CT molecular complexity index is 417. The van der Waals surface area contributed by atoms with Crippen molar-refractivity contribution in [2.75, 3.05) is 0 Å². The molecular formula is C14H19FN2. The lowest BCUT2D eigenvalue weighted by Gasteiger charge is -2.28. The van der Waals surface area contributed by atoms with E-state index in [9.17, 15) is 4.39 Å². The molecule has 0 unspecified atom stereocenters. The van der Waals surface area contributed by atoms with E-state index in [-0.39, 0.29) is 11.1 Å². The Kier molecular flexibility index (Phi) is 4.65. The average molecular weight is 234 g/mol. The van der Waals surface area contributed by atoms with E-state index in [0.29, 0.717) is 6.54 Å². The quantitative estimate of drug-likeness (QED) is 0.848. The van der Waals surface area contributed by atoms with E-state index in [0.717, 1.165) is 18.4 Å². The standard InChI is InChI=1S/C14H19FN2/c1-4-14(3,5-2)17-10-11-6-7-13(15)12(8-11)9-16/h6-8,17H,4-5,10H2,1-3H3. The van der Waals surface area contributed by atoms with Crippen molar-refractivity contribution < 1.29 is 4.39 Å². The summed E-state index contributed by atoms with van der Waals surface area (Å²) >= 11 is 0. The molecule has 1 N–H and O–H groups in total. The molecule has 0 aromatic heterocycles. The highest BCUT2D eigenvalue weighted by molar-refractivity contribution is 5.34. The molecule has 0 saturated carbocycles. The zero-order valence-electron chi connectivity index (χ0n) is 10.7. The molecule has 0 heterocycles. The molecule has 0 saturated heterocycles. The Balaban J connectivity index is 2.74. The van der Waals surface area contributed by atoms with Crippen LogP contribution in [-0.4, -0.2) is 5.54 Å². The minimum atomic E-state index is -0.454. The van der Waals surface area contributed by atoms with Gasteiger partial charge in [0, 0.05) is 12.1 Å². The number of nitriles is 1. The number of hydrogen-bond acceptors (Lipinski definition) is 2. The van der Waals surface area contributed by atoms with Gasteiger partial charge in [-0.05, 0) is 37.5 Å². The van der Waals surface area contributed by atoms with Crippen LogP contribution in [-0.2, 0) is 6.54 Å². The molecule has 0 spiro atoms. The number of hydrogen-bond donors (Lipinski definition) is 1. The lowest BCUT2D eigenvalue weighted by molar-refractivity contribution is 0.329. The molecule has 1 aromatic rings. The molecule has 0 amide bonds. The summed E-state index contributed by atoms with van der Waals surface area (Å²) in [5.41, 5.74) is 1.15. The second-order valence-corrected chi connectivity index (χ2v) is 4.55. The van der Waals surface area contributed by atoms with Crippen LogP contribution in [0, 0.1) is 17.1 Å². The van der Waals surface area contributed by atoms with E-state index in [4.69, 9.17) is 5.26 Å². The molecule has 92 valence electrons. The van der Waals surface area contributed by atoms with Crippen molar-refractivity contribution >= 4 is 0 Å². The van der Waals surface area contributed by atoms with Crippen LogP contribution in [0.4, 0.5) is 4.39 Å². The summed E-state index contributed by atoms with van der Waals surface area (Å²) in [6.45, 7) is 7.11. The van der Waals surface area contributed by atoms with Gasteiger partial charge in [0.15, 0.2) is 0 Å². The van der Waals surface area contributed by atoms with Crippen molar-refractivity contribution in [1.82, 2.24) is 5.32 Å². The number of nitrogens with one attached hydrogen (secondary N) is 1. The van der Waals surface area contributed by atoms with Gasteiger partial charge in [-0.1, -0.05) is 19.9 Å². The highest BCUT2D eigenvalue weighted by Crippen LogP contribution is 2.16. The summed E-state index contributed by atoms with van der Waals surface area (Å²) in [7, 11) is 0. The summed E-state index contributed by atoms with van der Waals surface area (Å²) in [4.78, 5) is 0. The minimum Gasteiger partial charge on any atom is -0.307 e. The summed E-state index contributed by atoms with van der Waals surface area (Å²) in [6.07, 6.45) is 2.08. The molecule has 2 nitrogen and oxygen atoms in total. The van der Waals surface area contributed by atoms with Gasteiger partial charge >= 0.3 is 0 Å². The molecule has 1 rings (SSSR count). The third-order valence-corrected chi connectivity index (χ3v) is 3.43. The van der Waals surface area contributed by atoms with Crippen LogP contribution < -0.4 is 5.32 Å². The molecule has 0 atom stereocenters. The fourth-order valence-corrected chi connectivity index (χ4v) is 1.58. The van der Waals surface area contributed by atoms with Gasteiger partial charge in [-0.2, -0.15) is 5.26 Å². The van der Waals surface area contributed by atoms with Crippen LogP contribution in [0.25, 0.3) is 0 Å². The largest absolute Gasteiger partial charge is 0.307 e. The van der Waals surface area contributed by atoms with Crippen molar-refractivity contribution in [3.8, 4) is 6.07 Å². The van der Waals surface area contributed by atoms with Crippen LogP contribution in [0.2, 0.25) is 0 Å². The average Bonchev–Trinajstić information content (AvgIpc) is 2.37. The van der Waals surface area contributed by atoms with Crippen LogP contribution >= 0.6 is 0 Å². The molecule has 0 aliphatic carbocycles. The Morgan fingerprint density at radius 2 is 2.00 bits per heavy atom. The Morgan fingerprint density at radius 3 is 2.53 bits per heavy atom. The first kappa shape index (κ1) is 13.7. The number of rotatable bonds is 5. The minimum absolute atomic E-state index is 0.0984. The smallest absolute Gasteiger partial charge is 0.140 e. The van der Waals surface area contributed by atoms with Crippen molar-refractivity contribution in [3.05, 3.63) is 35.1 Å². The summed E-state index contributed by atoms with van der Waals surface area (Å²) < 4.78 is 13.1. The highest BCUT2D eigenvalue weighted by atomic mass is 19.1. The van der Waals surface area contributed by atoms with E-state index >= 15 is 0 Å². The number of nitrogens with zero attached hydrogens (tertiary/aromatic N) is 1. The monoisotopic (exact) mass is 234 g/mol. The van der Waals surface area contributed by atoms with Gasteiger partial charge in [-0.3, -0.25) is 0 Å². The summed E-state index contributed by atoms with van der Waals surface area (Å²) in [5.74, 6) is -0.454. The van der Waals surface area contributed by atoms with E-state index in [1.165, 1.54) is 6.07 Å². The van der Waals surface area contributed by atoms with Crippen LogP contribution in [0.15, 0.2) is 18.2 Å². The Hall–Kier alpha value is -1.40. The highest BCUT2D eigenvalue weighted by Gasteiger charge is 2.18. The van der Waals surface area contributed by atoms with Gasteiger partial charge in [0.2, 0.25) is 0 Å². The Labute approximate surface area is 102 Å². The molecule has 0 radical (unpaired) electrons. The predicted molar refractivity (Wildman–Crippen MR) is 66.9 cm³/mol. The third kappa shape index (κ3) is 3.54. The fourth-order valence-electron chi connectivity index (χ4n) is 1.58. The maximum Gasteiger partial charge on any atom is 0.140 e. The van der Waals surface area contributed by atoms with E-state index < -0.39 is 5.82 Å². The molecule has 0 aliphatic heterocycles. The lowest BCUT2D eigenvalue weighted by atomic mass is 9.95. The first-order valence-corrected chi connectivity index (χ1v) is 5.98. The van der Waals surface area contributed by atoms with Gasteiger partial charge in [0.25, 0.3) is 0 Å². The molecule has 0 bridgehead atoms. The zero-order valence-corrected chi connectivity index (χ0v) is 10.7. The molecule has 3 heteroatoms. The van der Waals surface area contributed by atoms with E-state index in [1.54, 1.807) is 12.1 Å². The second kappa shape index (κ2) is 5.79. The lowest BCUT2D eigenvalue weighted by Crippen LogP contribution is -2.40. The molecule has 1 aromatic carbocycles. The predicted octanol–water partition coefficient (Wildman–Crippen LogP) is 3.37.